The number of rotatable bonds is 4. The van der Waals surface area contributed by atoms with E-state index in [4.69, 9.17) is 0 Å². The molecule has 5 heteroatoms. The van der Waals surface area contributed by atoms with Crippen LogP contribution in [0.4, 0.5) is 11.4 Å². The molecule has 2 aromatic rings. The first-order chi connectivity index (χ1) is 11.0. The van der Waals surface area contributed by atoms with Crippen molar-refractivity contribution in [3.05, 3.63) is 58.1 Å². The Bertz CT molecular complexity index is 769. The van der Waals surface area contributed by atoms with Crippen molar-refractivity contribution in [1.29, 1.82) is 0 Å². The van der Waals surface area contributed by atoms with Crippen LogP contribution in [-0.4, -0.2) is 11.8 Å². The first-order valence-corrected chi connectivity index (χ1v) is 8.30. The highest BCUT2D eigenvalue weighted by Gasteiger charge is 2.29. The van der Waals surface area contributed by atoms with Gasteiger partial charge in [0.05, 0.1) is 0 Å². The van der Waals surface area contributed by atoms with E-state index in [1.165, 1.54) is 0 Å². The molecular weight excluding hydrogens is 356 g/mol. The van der Waals surface area contributed by atoms with Gasteiger partial charge in [-0.2, -0.15) is 0 Å². The molecule has 0 saturated heterocycles. The maximum absolute atomic E-state index is 12.4. The molecule has 4 nitrogen and oxygen atoms in total. The summed E-state index contributed by atoms with van der Waals surface area (Å²) in [6, 6.07) is 12.7. The molecule has 0 aliphatic heterocycles. The van der Waals surface area contributed by atoms with Crippen molar-refractivity contribution in [3.63, 3.8) is 0 Å². The van der Waals surface area contributed by atoms with Gasteiger partial charge in [-0.05, 0) is 61.7 Å². The molecule has 0 radical (unpaired) electrons. The third-order valence-electron chi connectivity index (χ3n) is 3.77. The standard InChI is InChI=1S/C18H17BrN2O2/c1-11-9-13(19)7-8-16(11)18(23)21-15-4-2-3-14(10-15)20-17(22)12-5-6-12/h2-4,7-10,12H,5-6H2,1H3,(H,20,22)(H,21,23). The van der Waals surface area contributed by atoms with Crippen molar-refractivity contribution in [2.45, 2.75) is 19.8 Å². The fraction of sp³-hybridized carbons (Fsp3) is 0.222. The molecule has 23 heavy (non-hydrogen) atoms. The molecule has 0 spiro atoms. The third-order valence-corrected chi connectivity index (χ3v) is 4.26. The Morgan fingerprint density at radius 2 is 1.74 bits per heavy atom. The van der Waals surface area contributed by atoms with Gasteiger partial charge in [0.1, 0.15) is 0 Å². The van der Waals surface area contributed by atoms with Crippen LogP contribution in [-0.2, 0) is 4.79 Å². The van der Waals surface area contributed by atoms with Crippen LogP contribution in [0, 0.1) is 12.8 Å². The molecule has 0 unspecified atom stereocenters. The Labute approximate surface area is 143 Å². The molecule has 118 valence electrons. The highest BCUT2D eigenvalue weighted by Crippen LogP contribution is 2.30. The number of aryl methyl sites for hydroxylation is 1. The van der Waals surface area contributed by atoms with Crippen LogP contribution < -0.4 is 10.6 Å². The number of amides is 2. The Balaban J connectivity index is 1.71. The van der Waals surface area contributed by atoms with E-state index in [-0.39, 0.29) is 17.7 Å². The van der Waals surface area contributed by atoms with Gasteiger partial charge < -0.3 is 10.6 Å². The molecule has 2 N–H and O–H groups in total. The second-order valence-corrected chi connectivity index (χ2v) is 6.67. The van der Waals surface area contributed by atoms with Crippen LogP contribution >= 0.6 is 15.9 Å². The minimum atomic E-state index is -0.166. The monoisotopic (exact) mass is 372 g/mol. The Kier molecular flexibility index (Phi) is 4.48. The number of benzene rings is 2. The maximum atomic E-state index is 12.4. The van der Waals surface area contributed by atoms with Gasteiger partial charge in [0.25, 0.3) is 5.91 Å². The zero-order chi connectivity index (χ0) is 16.4. The van der Waals surface area contributed by atoms with Gasteiger partial charge >= 0.3 is 0 Å². The lowest BCUT2D eigenvalue weighted by atomic mass is 10.1. The summed E-state index contributed by atoms with van der Waals surface area (Å²) < 4.78 is 0.941. The molecule has 3 rings (SSSR count). The summed E-state index contributed by atoms with van der Waals surface area (Å²) >= 11 is 3.39. The molecule has 0 bridgehead atoms. The average Bonchev–Trinajstić information content (AvgIpc) is 3.32. The molecule has 2 aromatic carbocycles. The SMILES string of the molecule is Cc1cc(Br)ccc1C(=O)Nc1cccc(NC(=O)C2CC2)c1. The minimum Gasteiger partial charge on any atom is -0.326 e. The number of carbonyl (C=O) groups is 2. The van der Waals surface area contributed by atoms with E-state index < -0.39 is 0 Å². The molecule has 1 aliphatic carbocycles. The summed E-state index contributed by atoms with van der Waals surface area (Å²) in [4.78, 5) is 24.2. The van der Waals surface area contributed by atoms with Crippen molar-refractivity contribution < 1.29 is 9.59 Å². The normalized spacial score (nSPS) is 13.5. The molecule has 0 atom stereocenters. The van der Waals surface area contributed by atoms with Crippen LogP contribution in [0.25, 0.3) is 0 Å². The predicted octanol–water partition coefficient (Wildman–Crippen LogP) is 4.36. The Morgan fingerprint density at radius 1 is 1.04 bits per heavy atom. The van der Waals surface area contributed by atoms with E-state index in [1.807, 2.05) is 31.2 Å². The van der Waals surface area contributed by atoms with Gasteiger partial charge in [0, 0.05) is 27.3 Å². The second-order valence-electron chi connectivity index (χ2n) is 5.76. The van der Waals surface area contributed by atoms with Crippen molar-refractivity contribution in [1.82, 2.24) is 0 Å². The van der Waals surface area contributed by atoms with Crippen LogP contribution in [0.15, 0.2) is 46.9 Å². The fourth-order valence-corrected chi connectivity index (χ4v) is 2.82. The largest absolute Gasteiger partial charge is 0.326 e. The first-order valence-electron chi connectivity index (χ1n) is 7.51. The number of hydrogen-bond acceptors (Lipinski definition) is 2. The van der Waals surface area contributed by atoms with E-state index >= 15 is 0 Å². The Hall–Kier alpha value is -2.14. The summed E-state index contributed by atoms with van der Waals surface area (Å²) in [6.45, 7) is 1.89. The molecular formula is C18H17BrN2O2. The second kappa shape index (κ2) is 6.54. The summed E-state index contributed by atoms with van der Waals surface area (Å²) in [7, 11) is 0. The summed E-state index contributed by atoms with van der Waals surface area (Å²) in [6.07, 6.45) is 1.93. The molecule has 1 fully saturated rings. The number of anilines is 2. The molecule has 1 saturated carbocycles. The number of nitrogens with one attached hydrogen (secondary N) is 2. The number of carbonyl (C=O) groups excluding carboxylic acids is 2. The third kappa shape index (κ3) is 3.99. The van der Waals surface area contributed by atoms with Crippen LogP contribution in [0.3, 0.4) is 0 Å². The molecule has 0 heterocycles. The van der Waals surface area contributed by atoms with Gasteiger partial charge in [-0.3, -0.25) is 9.59 Å². The first kappa shape index (κ1) is 15.7. The summed E-state index contributed by atoms with van der Waals surface area (Å²) in [5, 5.41) is 5.75. The van der Waals surface area contributed by atoms with E-state index in [0.717, 1.165) is 22.9 Å². The van der Waals surface area contributed by atoms with Gasteiger partial charge in [-0.1, -0.05) is 22.0 Å². The maximum Gasteiger partial charge on any atom is 0.255 e. The van der Waals surface area contributed by atoms with Crippen molar-refractivity contribution >= 4 is 39.1 Å². The lowest BCUT2D eigenvalue weighted by Gasteiger charge is -2.10. The summed E-state index contributed by atoms with van der Waals surface area (Å²) in [5.41, 5.74) is 2.88. The number of halogens is 1. The van der Waals surface area contributed by atoms with E-state index in [2.05, 4.69) is 26.6 Å². The molecule has 1 aliphatic rings. The lowest BCUT2D eigenvalue weighted by Crippen LogP contribution is -2.15. The number of hydrogen-bond donors (Lipinski definition) is 2. The van der Waals surface area contributed by atoms with Gasteiger partial charge in [-0.25, -0.2) is 0 Å². The van der Waals surface area contributed by atoms with Crippen molar-refractivity contribution in [2.75, 3.05) is 10.6 Å². The fourth-order valence-electron chi connectivity index (χ4n) is 2.34. The van der Waals surface area contributed by atoms with E-state index in [1.54, 1.807) is 18.2 Å². The topological polar surface area (TPSA) is 58.2 Å². The Morgan fingerprint density at radius 3 is 2.39 bits per heavy atom. The van der Waals surface area contributed by atoms with Gasteiger partial charge in [0.15, 0.2) is 0 Å². The highest BCUT2D eigenvalue weighted by atomic mass is 79.9. The zero-order valence-corrected chi connectivity index (χ0v) is 14.3. The van der Waals surface area contributed by atoms with E-state index in [9.17, 15) is 9.59 Å². The smallest absolute Gasteiger partial charge is 0.255 e. The van der Waals surface area contributed by atoms with Crippen LogP contribution in [0.1, 0.15) is 28.8 Å². The molecule has 2 amide bonds. The van der Waals surface area contributed by atoms with Crippen molar-refractivity contribution in [2.24, 2.45) is 5.92 Å². The molecule has 0 aromatic heterocycles. The van der Waals surface area contributed by atoms with Crippen molar-refractivity contribution in [3.8, 4) is 0 Å². The van der Waals surface area contributed by atoms with Crippen LogP contribution in [0.5, 0.6) is 0 Å². The zero-order valence-electron chi connectivity index (χ0n) is 12.7. The van der Waals surface area contributed by atoms with Crippen LogP contribution in [0.2, 0.25) is 0 Å². The predicted molar refractivity (Wildman–Crippen MR) is 94.6 cm³/mol. The minimum absolute atomic E-state index is 0.0530. The van der Waals surface area contributed by atoms with Gasteiger partial charge in [0.2, 0.25) is 5.91 Å². The average molecular weight is 373 g/mol. The lowest BCUT2D eigenvalue weighted by molar-refractivity contribution is -0.117. The quantitative estimate of drug-likeness (QED) is 0.837. The van der Waals surface area contributed by atoms with E-state index in [0.29, 0.717) is 16.9 Å². The highest BCUT2D eigenvalue weighted by molar-refractivity contribution is 9.10. The van der Waals surface area contributed by atoms with Gasteiger partial charge in [-0.15, -0.1) is 0 Å². The summed E-state index contributed by atoms with van der Waals surface area (Å²) in [5.74, 6) is 0.0385.